The highest BCUT2D eigenvalue weighted by Crippen LogP contribution is 2.21. The maximum absolute atomic E-state index is 12.1. The summed E-state index contributed by atoms with van der Waals surface area (Å²) in [6.45, 7) is 0.925. The Morgan fingerprint density at radius 3 is 2.71 bits per heavy atom. The minimum Gasteiger partial charge on any atom is -0.344 e. The van der Waals surface area contributed by atoms with Crippen LogP contribution in [0.5, 0.6) is 0 Å². The lowest BCUT2D eigenvalue weighted by Crippen LogP contribution is -2.42. The fourth-order valence-corrected chi connectivity index (χ4v) is 2.88. The van der Waals surface area contributed by atoms with Crippen molar-refractivity contribution >= 4 is 11.9 Å². The van der Waals surface area contributed by atoms with Gasteiger partial charge in [0.05, 0.1) is 11.7 Å². The molecule has 1 atom stereocenters. The third kappa shape index (κ3) is 3.56. The highest BCUT2D eigenvalue weighted by Gasteiger charge is 2.27. The molecule has 1 aliphatic rings. The van der Waals surface area contributed by atoms with E-state index in [9.17, 15) is 9.59 Å². The molecule has 2 aromatic rings. The van der Waals surface area contributed by atoms with Gasteiger partial charge in [-0.05, 0) is 0 Å². The van der Waals surface area contributed by atoms with Gasteiger partial charge >= 0.3 is 6.03 Å². The Kier molecular flexibility index (Phi) is 4.50. The zero-order chi connectivity index (χ0) is 17.1. The van der Waals surface area contributed by atoms with Gasteiger partial charge in [0.15, 0.2) is 0 Å². The molecule has 3 amide bonds. The first-order valence-electron chi connectivity index (χ1n) is 7.89. The second-order valence-corrected chi connectivity index (χ2v) is 6.04. The van der Waals surface area contributed by atoms with Crippen molar-refractivity contribution in [2.45, 2.75) is 19.0 Å². The maximum Gasteiger partial charge on any atom is 0.315 e. The summed E-state index contributed by atoms with van der Waals surface area (Å²) in [6.07, 6.45) is 2.25. The summed E-state index contributed by atoms with van der Waals surface area (Å²) in [5, 5.41) is 10.2. The largest absolute Gasteiger partial charge is 0.344 e. The lowest BCUT2D eigenvalue weighted by Gasteiger charge is -2.13. The van der Waals surface area contributed by atoms with Gasteiger partial charge in [-0.1, -0.05) is 30.3 Å². The summed E-state index contributed by atoms with van der Waals surface area (Å²) >= 11 is 0. The Balaban J connectivity index is 1.61. The van der Waals surface area contributed by atoms with Gasteiger partial charge < -0.3 is 15.5 Å². The number of nitrogens with one attached hydrogen (secondary N) is 2. The van der Waals surface area contributed by atoms with E-state index in [1.54, 1.807) is 16.6 Å². The first-order chi connectivity index (χ1) is 11.5. The van der Waals surface area contributed by atoms with Crippen LogP contribution in [0.1, 0.15) is 12.0 Å². The molecule has 0 bridgehead atoms. The van der Waals surface area contributed by atoms with Crippen LogP contribution in [0, 0.1) is 0 Å². The lowest BCUT2D eigenvalue weighted by molar-refractivity contribution is -0.126. The van der Waals surface area contributed by atoms with Crippen molar-refractivity contribution in [3.05, 3.63) is 42.1 Å². The molecule has 0 spiro atoms. The number of likely N-dealkylation sites (tertiary alicyclic amines) is 1. The Hall–Kier alpha value is -2.83. The monoisotopic (exact) mass is 327 g/mol. The van der Waals surface area contributed by atoms with E-state index in [1.165, 1.54) is 0 Å². The summed E-state index contributed by atoms with van der Waals surface area (Å²) < 4.78 is 1.74. The number of aryl methyl sites for hydroxylation is 1. The van der Waals surface area contributed by atoms with Crippen molar-refractivity contribution in [1.82, 2.24) is 25.3 Å². The lowest BCUT2D eigenvalue weighted by atomic mass is 10.1. The van der Waals surface area contributed by atoms with Crippen LogP contribution in [-0.2, 0) is 18.4 Å². The Labute approximate surface area is 140 Å². The molecular formula is C17H21N5O2. The summed E-state index contributed by atoms with van der Waals surface area (Å²) in [4.78, 5) is 25.2. The molecule has 2 N–H and O–H groups in total. The summed E-state index contributed by atoms with van der Waals surface area (Å²) in [5.41, 5.74) is 2.81. The van der Waals surface area contributed by atoms with Crippen molar-refractivity contribution < 1.29 is 9.59 Å². The number of amides is 3. The number of hydrogen-bond acceptors (Lipinski definition) is 3. The molecule has 0 saturated carbocycles. The third-order valence-electron chi connectivity index (χ3n) is 4.07. The fraction of sp³-hybridized carbons (Fsp3) is 0.353. The average Bonchev–Trinajstić information content (AvgIpc) is 3.08. The van der Waals surface area contributed by atoms with Crippen LogP contribution in [0.4, 0.5) is 4.79 Å². The molecule has 1 aromatic heterocycles. The number of carbonyl (C=O) groups is 2. The molecule has 7 nitrogen and oxygen atoms in total. The maximum atomic E-state index is 12.1. The number of nitrogens with zero attached hydrogens (tertiary/aromatic N) is 3. The van der Waals surface area contributed by atoms with Gasteiger partial charge in [-0.2, -0.15) is 5.10 Å². The molecule has 1 fully saturated rings. The second kappa shape index (κ2) is 6.74. The quantitative estimate of drug-likeness (QED) is 0.883. The second-order valence-electron chi connectivity index (χ2n) is 6.04. The molecule has 7 heteroatoms. The SMILES string of the molecule is CN1C[C@@H](NC(=O)NCc2cn(C)nc2-c2ccccc2)CC1=O. The number of urea groups is 1. The van der Waals surface area contributed by atoms with Crippen molar-refractivity contribution in [2.75, 3.05) is 13.6 Å². The van der Waals surface area contributed by atoms with Crippen LogP contribution < -0.4 is 10.6 Å². The fourth-order valence-electron chi connectivity index (χ4n) is 2.88. The van der Waals surface area contributed by atoms with E-state index in [4.69, 9.17) is 0 Å². The highest BCUT2D eigenvalue weighted by molar-refractivity contribution is 5.81. The molecule has 0 unspecified atom stereocenters. The molecule has 3 rings (SSSR count). The summed E-state index contributed by atoms with van der Waals surface area (Å²) in [6, 6.07) is 9.45. The van der Waals surface area contributed by atoms with Gasteiger partial charge in [0.2, 0.25) is 5.91 Å². The van der Waals surface area contributed by atoms with E-state index in [0.29, 0.717) is 19.5 Å². The van der Waals surface area contributed by atoms with E-state index < -0.39 is 0 Å². The number of rotatable bonds is 4. The molecule has 126 valence electrons. The smallest absolute Gasteiger partial charge is 0.315 e. The van der Waals surface area contributed by atoms with Crippen LogP contribution >= 0.6 is 0 Å². The molecule has 0 radical (unpaired) electrons. The Bertz CT molecular complexity index is 741. The van der Waals surface area contributed by atoms with Gasteiger partial charge in [0.1, 0.15) is 0 Å². The van der Waals surface area contributed by atoms with Gasteiger partial charge in [-0.15, -0.1) is 0 Å². The highest BCUT2D eigenvalue weighted by atomic mass is 16.2. The topological polar surface area (TPSA) is 79.3 Å². The molecule has 1 saturated heterocycles. The van der Waals surface area contributed by atoms with Gasteiger partial charge in [0.25, 0.3) is 0 Å². The van der Waals surface area contributed by atoms with Crippen LogP contribution in [-0.4, -0.2) is 46.3 Å². The molecular weight excluding hydrogens is 306 g/mol. The zero-order valence-corrected chi connectivity index (χ0v) is 13.8. The van der Waals surface area contributed by atoms with Crippen molar-refractivity contribution in [3.63, 3.8) is 0 Å². The first kappa shape index (κ1) is 16.0. The van der Waals surface area contributed by atoms with Crippen LogP contribution in [0.25, 0.3) is 11.3 Å². The molecule has 2 heterocycles. The average molecular weight is 327 g/mol. The van der Waals surface area contributed by atoms with E-state index in [1.807, 2.05) is 43.6 Å². The summed E-state index contributed by atoms with van der Waals surface area (Å²) in [5.74, 6) is 0.0546. The third-order valence-corrected chi connectivity index (χ3v) is 4.07. The standard InChI is InChI=1S/C17H21N5O2/c1-21-11-14(8-15(21)23)19-17(24)18-9-13-10-22(2)20-16(13)12-6-4-3-5-7-12/h3-7,10,14H,8-9,11H2,1-2H3,(H2,18,19,24)/t14-/m0/s1. The van der Waals surface area contributed by atoms with Crippen molar-refractivity contribution in [3.8, 4) is 11.3 Å². The number of carbonyl (C=O) groups excluding carboxylic acids is 2. The number of likely N-dealkylation sites (N-methyl/N-ethyl adjacent to an activating group) is 1. The van der Waals surface area contributed by atoms with E-state index in [-0.39, 0.29) is 18.0 Å². The van der Waals surface area contributed by atoms with E-state index >= 15 is 0 Å². The van der Waals surface area contributed by atoms with Crippen LogP contribution in [0.15, 0.2) is 36.5 Å². The summed E-state index contributed by atoms with van der Waals surface area (Å²) in [7, 11) is 3.60. The zero-order valence-electron chi connectivity index (χ0n) is 13.8. The predicted molar refractivity (Wildman–Crippen MR) is 90.1 cm³/mol. The molecule has 0 aliphatic carbocycles. The number of aromatic nitrogens is 2. The van der Waals surface area contributed by atoms with Gasteiger partial charge in [-0.3, -0.25) is 9.48 Å². The minimum atomic E-state index is -0.272. The minimum absolute atomic E-state index is 0.0546. The predicted octanol–water partition coefficient (Wildman–Crippen LogP) is 1.12. The van der Waals surface area contributed by atoms with E-state index in [2.05, 4.69) is 15.7 Å². The van der Waals surface area contributed by atoms with Crippen LogP contribution in [0.2, 0.25) is 0 Å². The number of hydrogen-bond donors (Lipinski definition) is 2. The number of benzene rings is 1. The first-order valence-corrected chi connectivity index (χ1v) is 7.89. The Morgan fingerprint density at radius 1 is 1.29 bits per heavy atom. The Morgan fingerprint density at radius 2 is 2.04 bits per heavy atom. The van der Waals surface area contributed by atoms with Gasteiger partial charge in [-0.25, -0.2) is 4.79 Å². The molecule has 1 aliphatic heterocycles. The van der Waals surface area contributed by atoms with Crippen molar-refractivity contribution in [2.24, 2.45) is 7.05 Å². The van der Waals surface area contributed by atoms with Gasteiger partial charge in [0, 0.05) is 50.9 Å². The molecule has 1 aromatic carbocycles. The van der Waals surface area contributed by atoms with E-state index in [0.717, 1.165) is 16.8 Å². The van der Waals surface area contributed by atoms with Crippen LogP contribution in [0.3, 0.4) is 0 Å². The molecule has 24 heavy (non-hydrogen) atoms. The van der Waals surface area contributed by atoms with Crippen molar-refractivity contribution in [1.29, 1.82) is 0 Å². The normalized spacial score (nSPS) is 17.2.